The van der Waals surface area contributed by atoms with E-state index in [-0.39, 0.29) is 11.9 Å². The zero-order chi connectivity index (χ0) is 20.9. The Balaban J connectivity index is 1.67. The Hall–Kier alpha value is -3.60. The van der Waals surface area contributed by atoms with Gasteiger partial charge in [-0.1, -0.05) is 66.7 Å². The van der Waals surface area contributed by atoms with E-state index in [2.05, 4.69) is 47.7 Å². The molecule has 1 aliphatic carbocycles. The fourth-order valence-corrected chi connectivity index (χ4v) is 3.95. The van der Waals surface area contributed by atoms with Crippen molar-refractivity contribution in [3.05, 3.63) is 102 Å². The molecule has 0 spiro atoms. The van der Waals surface area contributed by atoms with E-state index in [0.29, 0.717) is 6.19 Å². The van der Waals surface area contributed by atoms with Gasteiger partial charge in [-0.3, -0.25) is 4.79 Å². The van der Waals surface area contributed by atoms with Gasteiger partial charge in [-0.25, -0.2) is 0 Å². The minimum absolute atomic E-state index is 0.0974. The number of rotatable bonds is 7. The zero-order valence-electron chi connectivity index (χ0n) is 16.6. The van der Waals surface area contributed by atoms with Crippen molar-refractivity contribution < 1.29 is 14.3 Å². The lowest BCUT2D eigenvalue weighted by molar-refractivity contribution is -0.144. The topological polar surface area (TPSA) is 55.4 Å². The number of nitrogens with one attached hydrogen (secondary N) is 1. The second-order valence-corrected chi connectivity index (χ2v) is 7.14. The second kappa shape index (κ2) is 8.83. The van der Waals surface area contributed by atoms with E-state index >= 15 is 0 Å². The summed E-state index contributed by atoms with van der Waals surface area (Å²) in [5.74, 6) is -0.255. The molecule has 0 aliphatic heterocycles. The van der Waals surface area contributed by atoms with Crippen LogP contribution in [0.4, 0.5) is 5.69 Å². The molecule has 1 atom stereocenters. The SMILES string of the molecule is CC(=O)OC(/C=C/C1c2ccccc2-c2ccccc21)c1cccc(N[B]C=O)c1. The van der Waals surface area contributed by atoms with Crippen LogP contribution in [0.3, 0.4) is 0 Å². The summed E-state index contributed by atoms with van der Waals surface area (Å²) in [6, 6.07) is 24.3. The van der Waals surface area contributed by atoms with Crippen molar-refractivity contribution in [2.75, 3.05) is 5.23 Å². The van der Waals surface area contributed by atoms with E-state index in [4.69, 9.17) is 4.74 Å². The van der Waals surface area contributed by atoms with Gasteiger partial charge in [-0.05, 0) is 46.0 Å². The first kappa shape index (κ1) is 19.7. The van der Waals surface area contributed by atoms with Gasteiger partial charge < -0.3 is 14.8 Å². The van der Waals surface area contributed by atoms with Gasteiger partial charge >= 0.3 is 13.4 Å². The lowest BCUT2D eigenvalue weighted by Crippen LogP contribution is -2.10. The van der Waals surface area contributed by atoms with Gasteiger partial charge in [0, 0.05) is 18.5 Å². The van der Waals surface area contributed by atoms with Crippen LogP contribution >= 0.6 is 0 Å². The molecule has 3 aromatic carbocycles. The first-order chi connectivity index (χ1) is 14.7. The fourth-order valence-electron chi connectivity index (χ4n) is 3.95. The van der Waals surface area contributed by atoms with Crippen molar-refractivity contribution in [1.82, 2.24) is 0 Å². The average molecular weight is 394 g/mol. The molecule has 3 aromatic rings. The zero-order valence-corrected chi connectivity index (χ0v) is 16.6. The molecule has 0 fully saturated rings. The summed E-state index contributed by atoms with van der Waals surface area (Å²) in [5, 5.41) is 2.91. The van der Waals surface area contributed by atoms with Gasteiger partial charge in [-0.15, -0.1) is 0 Å². The first-order valence-corrected chi connectivity index (χ1v) is 9.84. The van der Waals surface area contributed by atoms with Crippen molar-refractivity contribution in [1.29, 1.82) is 0 Å². The highest BCUT2D eigenvalue weighted by atomic mass is 16.5. The third kappa shape index (κ3) is 4.06. The molecular weight excluding hydrogens is 373 g/mol. The maximum absolute atomic E-state index is 11.8. The Morgan fingerprint density at radius 1 is 1.00 bits per heavy atom. The number of hydrogen-bond acceptors (Lipinski definition) is 4. The Morgan fingerprint density at radius 2 is 1.67 bits per heavy atom. The van der Waals surface area contributed by atoms with Crippen LogP contribution in [0, 0.1) is 0 Å². The van der Waals surface area contributed by atoms with Crippen LogP contribution in [0.2, 0.25) is 0 Å². The maximum Gasteiger partial charge on any atom is 0.326 e. The third-order valence-corrected chi connectivity index (χ3v) is 5.19. The van der Waals surface area contributed by atoms with Crippen molar-refractivity contribution >= 4 is 25.3 Å². The summed E-state index contributed by atoms with van der Waals surface area (Å²) in [6.45, 7) is 1.41. The molecule has 0 amide bonds. The molecule has 0 heterocycles. The Labute approximate surface area is 176 Å². The fraction of sp³-hybridized carbons (Fsp3) is 0.120. The summed E-state index contributed by atoms with van der Waals surface area (Å²) < 4.78 is 5.60. The molecule has 1 aliphatic rings. The van der Waals surface area contributed by atoms with E-state index in [1.165, 1.54) is 36.6 Å². The first-order valence-electron chi connectivity index (χ1n) is 9.84. The third-order valence-electron chi connectivity index (χ3n) is 5.19. The average Bonchev–Trinajstić information content (AvgIpc) is 3.09. The van der Waals surface area contributed by atoms with Gasteiger partial charge in [0.2, 0.25) is 0 Å². The summed E-state index contributed by atoms with van der Waals surface area (Å²) in [4.78, 5) is 22.3. The Kier molecular flexibility index (Phi) is 5.80. The molecule has 0 saturated heterocycles. The summed E-state index contributed by atoms with van der Waals surface area (Å²) in [6.07, 6.45) is 4.20. The van der Waals surface area contributed by atoms with Crippen LogP contribution in [0.15, 0.2) is 84.9 Å². The number of ether oxygens (including phenoxy) is 1. The van der Waals surface area contributed by atoms with Gasteiger partial charge in [0.05, 0.1) is 0 Å². The quantitative estimate of drug-likeness (QED) is 0.269. The van der Waals surface area contributed by atoms with Crippen LogP contribution in [0.5, 0.6) is 0 Å². The highest BCUT2D eigenvalue weighted by molar-refractivity contribution is 6.69. The monoisotopic (exact) mass is 394 g/mol. The van der Waals surface area contributed by atoms with Gasteiger partial charge in [-0.2, -0.15) is 0 Å². The smallest absolute Gasteiger partial charge is 0.326 e. The second-order valence-electron chi connectivity index (χ2n) is 7.14. The molecule has 0 aromatic heterocycles. The van der Waals surface area contributed by atoms with Crippen molar-refractivity contribution in [2.24, 2.45) is 0 Å². The molecule has 4 nitrogen and oxygen atoms in total. The minimum Gasteiger partial charge on any atom is -0.453 e. The molecule has 1 N–H and O–H groups in total. The van der Waals surface area contributed by atoms with Crippen molar-refractivity contribution in [2.45, 2.75) is 18.9 Å². The molecule has 5 heteroatoms. The number of benzene rings is 3. The molecule has 0 bridgehead atoms. The molecule has 147 valence electrons. The van der Waals surface area contributed by atoms with E-state index in [9.17, 15) is 9.59 Å². The predicted molar refractivity (Wildman–Crippen MR) is 120 cm³/mol. The normalized spacial score (nSPS) is 13.4. The van der Waals surface area contributed by atoms with E-state index < -0.39 is 6.10 Å². The Bertz CT molecular complexity index is 1060. The standard InChI is InChI=1S/C25H21BNO3/c1-17(29)30-25(18-7-6-8-19(15-18)27-26-16-28)14-13-24-22-11-4-2-9-20(22)21-10-3-5-12-23(21)24/h2-16,24-25,27H,1H3/b14-13+. The van der Waals surface area contributed by atoms with Crippen LogP contribution in [0.1, 0.15) is 35.6 Å². The number of fused-ring (bicyclic) bond motifs is 3. The highest BCUT2D eigenvalue weighted by Gasteiger charge is 2.26. The summed E-state index contributed by atoms with van der Waals surface area (Å²) in [7, 11) is 1.32. The lowest BCUT2D eigenvalue weighted by atomic mass is 9.95. The minimum atomic E-state index is -0.527. The van der Waals surface area contributed by atoms with Gasteiger partial charge in [0.1, 0.15) is 12.3 Å². The number of carbonyl (C=O) groups excluding carboxylic acids is 2. The van der Waals surface area contributed by atoms with Gasteiger partial charge in [0.15, 0.2) is 0 Å². The highest BCUT2D eigenvalue weighted by Crippen LogP contribution is 2.45. The molecule has 1 radical (unpaired) electrons. The molecule has 1 unspecified atom stereocenters. The largest absolute Gasteiger partial charge is 0.453 e. The maximum atomic E-state index is 11.8. The number of esters is 1. The van der Waals surface area contributed by atoms with Crippen LogP contribution in [-0.4, -0.2) is 19.6 Å². The van der Waals surface area contributed by atoms with E-state index in [0.717, 1.165) is 11.3 Å². The van der Waals surface area contributed by atoms with E-state index in [1.807, 2.05) is 42.5 Å². The Morgan fingerprint density at radius 3 is 2.30 bits per heavy atom. The number of allylic oxidation sites excluding steroid dienone is 1. The van der Waals surface area contributed by atoms with Crippen LogP contribution < -0.4 is 5.23 Å². The van der Waals surface area contributed by atoms with Crippen molar-refractivity contribution in [3.63, 3.8) is 0 Å². The predicted octanol–water partition coefficient (Wildman–Crippen LogP) is 4.88. The van der Waals surface area contributed by atoms with E-state index in [1.54, 1.807) is 0 Å². The summed E-state index contributed by atoms with van der Waals surface area (Å²) >= 11 is 0. The van der Waals surface area contributed by atoms with Crippen molar-refractivity contribution in [3.8, 4) is 11.1 Å². The summed E-state index contributed by atoms with van der Waals surface area (Å²) in [5.41, 5.74) is 6.54. The molecule has 0 saturated carbocycles. The van der Waals surface area contributed by atoms with Crippen LogP contribution in [0.25, 0.3) is 11.1 Å². The van der Waals surface area contributed by atoms with Crippen LogP contribution in [-0.2, 0) is 14.3 Å². The number of hydrogen-bond donors (Lipinski definition) is 1. The number of anilines is 1. The lowest BCUT2D eigenvalue weighted by Gasteiger charge is -2.16. The molecular formula is C25H21BNO3. The molecule has 4 rings (SSSR count). The molecule has 30 heavy (non-hydrogen) atoms. The van der Waals surface area contributed by atoms with Gasteiger partial charge in [0.25, 0.3) is 0 Å². The number of carbonyl (C=O) groups is 2.